The Hall–Kier alpha value is -3.75. The smallest absolute Gasteiger partial charge is 0.346 e. The van der Waals surface area contributed by atoms with Gasteiger partial charge in [-0.1, -0.05) is 43.3 Å². The van der Waals surface area contributed by atoms with Crippen LogP contribution in [-0.2, 0) is 10.3 Å². The van der Waals surface area contributed by atoms with Crippen molar-refractivity contribution in [2.45, 2.75) is 18.9 Å². The molecule has 3 amide bonds. The van der Waals surface area contributed by atoms with Crippen molar-refractivity contribution >= 4 is 29.5 Å². The van der Waals surface area contributed by atoms with Gasteiger partial charge in [0.25, 0.3) is 11.6 Å². The molecule has 2 aromatic rings. The standard InChI is InChI=1S/C20H21N5O4/c1-4-20(15-8-6-5-7-9-15)18(26)24(19(27)22-20)21-13-14-10-11-16(23(2)3)17(12-14)25(28)29/h5-13H,4H2,1-3H3,(H,22,27)/b21-13-/t20-/m1/s1. The normalized spacial score (nSPS) is 18.9. The van der Waals surface area contributed by atoms with E-state index in [-0.39, 0.29) is 5.69 Å². The van der Waals surface area contributed by atoms with Gasteiger partial charge in [-0.3, -0.25) is 14.9 Å². The van der Waals surface area contributed by atoms with Crippen molar-refractivity contribution in [3.05, 3.63) is 69.8 Å². The van der Waals surface area contributed by atoms with Crippen molar-refractivity contribution in [3.8, 4) is 0 Å². The van der Waals surface area contributed by atoms with Crippen LogP contribution in [0.3, 0.4) is 0 Å². The third-order valence-corrected chi connectivity index (χ3v) is 4.87. The summed E-state index contributed by atoms with van der Waals surface area (Å²) in [6.07, 6.45) is 1.62. The molecule has 0 unspecified atom stereocenters. The van der Waals surface area contributed by atoms with E-state index in [9.17, 15) is 19.7 Å². The van der Waals surface area contributed by atoms with Crippen molar-refractivity contribution in [1.82, 2.24) is 10.3 Å². The number of nitrogens with zero attached hydrogens (tertiary/aromatic N) is 4. The third kappa shape index (κ3) is 3.54. The van der Waals surface area contributed by atoms with E-state index < -0.39 is 22.4 Å². The number of nitro benzene ring substituents is 1. The topological polar surface area (TPSA) is 108 Å². The van der Waals surface area contributed by atoms with Crippen molar-refractivity contribution in [3.63, 3.8) is 0 Å². The Kier molecular flexibility index (Phi) is 5.31. The lowest BCUT2D eigenvalue weighted by atomic mass is 9.87. The number of rotatable bonds is 6. The number of urea groups is 1. The number of anilines is 1. The molecule has 3 rings (SSSR count). The summed E-state index contributed by atoms with van der Waals surface area (Å²) in [6, 6.07) is 12.9. The van der Waals surface area contributed by atoms with Gasteiger partial charge in [0.2, 0.25) is 0 Å². The Balaban J connectivity index is 1.92. The molecule has 0 spiro atoms. The summed E-state index contributed by atoms with van der Waals surface area (Å²) in [5, 5.41) is 18.8. The zero-order valence-electron chi connectivity index (χ0n) is 16.3. The molecule has 29 heavy (non-hydrogen) atoms. The van der Waals surface area contributed by atoms with Crippen LogP contribution in [0.4, 0.5) is 16.2 Å². The first kappa shape index (κ1) is 20.0. The van der Waals surface area contributed by atoms with Crippen LogP contribution in [0.5, 0.6) is 0 Å². The maximum atomic E-state index is 13.0. The van der Waals surface area contributed by atoms with Crippen LogP contribution in [0, 0.1) is 10.1 Å². The Morgan fingerprint density at radius 2 is 1.90 bits per heavy atom. The molecule has 1 fully saturated rings. The van der Waals surface area contributed by atoms with Crippen LogP contribution in [-0.4, -0.2) is 42.2 Å². The second kappa shape index (κ2) is 7.70. The van der Waals surface area contributed by atoms with Crippen LogP contribution < -0.4 is 10.2 Å². The van der Waals surface area contributed by atoms with Gasteiger partial charge in [0.05, 0.1) is 11.1 Å². The van der Waals surface area contributed by atoms with E-state index in [0.29, 0.717) is 23.2 Å². The number of hydrogen-bond donors (Lipinski definition) is 1. The van der Waals surface area contributed by atoms with Crippen LogP contribution in [0.25, 0.3) is 0 Å². The lowest BCUT2D eigenvalue weighted by Gasteiger charge is -2.24. The fraction of sp³-hybridized carbons (Fsp3) is 0.250. The van der Waals surface area contributed by atoms with Crippen molar-refractivity contribution in [1.29, 1.82) is 0 Å². The maximum absolute atomic E-state index is 13.0. The molecule has 9 nitrogen and oxygen atoms in total. The minimum atomic E-state index is -1.18. The first-order valence-corrected chi connectivity index (χ1v) is 9.02. The quantitative estimate of drug-likeness (QED) is 0.350. The SMILES string of the molecule is CC[C@]1(c2ccccc2)NC(=O)N(/N=C\c2ccc(N(C)C)c([N+](=O)[O-])c2)C1=O. The van der Waals surface area contributed by atoms with Gasteiger partial charge < -0.3 is 10.2 Å². The minimum Gasteiger partial charge on any atom is -0.372 e. The summed E-state index contributed by atoms with van der Waals surface area (Å²) < 4.78 is 0. The number of amides is 3. The first-order valence-electron chi connectivity index (χ1n) is 9.02. The highest BCUT2D eigenvalue weighted by molar-refractivity contribution is 6.07. The van der Waals surface area contributed by atoms with Gasteiger partial charge in [-0.05, 0) is 18.1 Å². The van der Waals surface area contributed by atoms with Gasteiger partial charge in [-0.15, -0.1) is 5.01 Å². The zero-order valence-corrected chi connectivity index (χ0v) is 16.3. The van der Waals surface area contributed by atoms with Crippen LogP contribution in [0.15, 0.2) is 53.6 Å². The minimum absolute atomic E-state index is 0.0941. The number of carbonyl (C=O) groups excluding carboxylic acids is 2. The maximum Gasteiger partial charge on any atom is 0.346 e. The highest BCUT2D eigenvalue weighted by Crippen LogP contribution is 2.32. The fourth-order valence-electron chi connectivity index (χ4n) is 3.30. The number of carbonyl (C=O) groups is 2. The molecule has 1 N–H and O–H groups in total. The molecule has 1 saturated heterocycles. The molecule has 0 radical (unpaired) electrons. The molecule has 0 saturated carbocycles. The molecular formula is C20H21N5O4. The molecule has 1 aliphatic heterocycles. The molecule has 0 bridgehead atoms. The van der Waals surface area contributed by atoms with Gasteiger partial charge in [0.1, 0.15) is 11.2 Å². The molecule has 1 atom stereocenters. The van der Waals surface area contributed by atoms with Gasteiger partial charge >= 0.3 is 6.03 Å². The van der Waals surface area contributed by atoms with E-state index in [1.807, 2.05) is 13.0 Å². The lowest BCUT2D eigenvalue weighted by molar-refractivity contribution is -0.384. The van der Waals surface area contributed by atoms with Crippen LogP contribution in [0.2, 0.25) is 0 Å². The van der Waals surface area contributed by atoms with E-state index in [1.165, 1.54) is 12.3 Å². The number of hydrogen-bond acceptors (Lipinski definition) is 6. The largest absolute Gasteiger partial charge is 0.372 e. The van der Waals surface area contributed by atoms with E-state index in [4.69, 9.17) is 0 Å². The highest BCUT2D eigenvalue weighted by Gasteiger charge is 2.51. The molecule has 0 aromatic heterocycles. The average Bonchev–Trinajstić information content (AvgIpc) is 2.97. The molecule has 0 aliphatic carbocycles. The van der Waals surface area contributed by atoms with Crippen LogP contribution in [0.1, 0.15) is 24.5 Å². The predicted octanol–water partition coefficient (Wildman–Crippen LogP) is 2.85. The van der Waals surface area contributed by atoms with E-state index >= 15 is 0 Å². The van der Waals surface area contributed by atoms with E-state index in [1.54, 1.807) is 55.4 Å². The summed E-state index contributed by atoms with van der Waals surface area (Å²) in [4.78, 5) is 37.9. The highest BCUT2D eigenvalue weighted by atomic mass is 16.6. The number of benzene rings is 2. The van der Waals surface area contributed by atoms with Crippen LogP contribution >= 0.6 is 0 Å². The number of hydrazone groups is 1. The molecule has 9 heteroatoms. The Labute approximate surface area is 167 Å². The van der Waals surface area contributed by atoms with Gasteiger partial charge in [-0.2, -0.15) is 5.10 Å². The summed E-state index contributed by atoms with van der Waals surface area (Å²) in [6.45, 7) is 1.81. The molecule has 1 aliphatic rings. The lowest BCUT2D eigenvalue weighted by Crippen LogP contribution is -2.43. The van der Waals surface area contributed by atoms with E-state index in [2.05, 4.69) is 10.4 Å². The van der Waals surface area contributed by atoms with Gasteiger partial charge in [-0.25, -0.2) is 4.79 Å². The van der Waals surface area contributed by atoms with Crippen molar-refractivity contribution in [2.24, 2.45) is 5.10 Å². The number of imide groups is 1. The molecule has 2 aromatic carbocycles. The Morgan fingerprint density at radius 3 is 2.48 bits per heavy atom. The summed E-state index contributed by atoms with van der Waals surface area (Å²) in [5.41, 5.74) is 0.233. The number of nitrogens with one attached hydrogen (secondary N) is 1. The first-order chi connectivity index (χ1) is 13.8. The monoisotopic (exact) mass is 395 g/mol. The van der Waals surface area contributed by atoms with Crippen molar-refractivity contribution < 1.29 is 14.5 Å². The Bertz CT molecular complexity index is 990. The second-order valence-electron chi connectivity index (χ2n) is 6.82. The average molecular weight is 395 g/mol. The molecule has 1 heterocycles. The second-order valence-corrected chi connectivity index (χ2v) is 6.82. The zero-order chi connectivity index (χ0) is 21.2. The number of nitro groups is 1. The molecular weight excluding hydrogens is 374 g/mol. The predicted molar refractivity (Wildman–Crippen MR) is 109 cm³/mol. The van der Waals surface area contributed by atoms with Gasteiger partial charge in [0, 0.05) is 25.7 Å². The Morgan fingerprint density at radius 1 is 1.21 bits per heavy atom. The summed E-state index contributed by atoms with van der Waals surface area (Å²) >= 11 is 0. The fourth-order valence-corrected chi connectivity index (χ4v) is 3.30. The summed E-state index contributed by atoms with van der Waals surface area (Å²) in [7, 11) is 3.41. The van der Waals surface area contributed by atoms with Crippen molar-refractivity contribution in [2.75, 3.05) is 19.0 Å². The molecule has 150 valence electrons. The summed E-state index contributed by atoms with van der Waals surface area (Å²) in [5.74, 6) is -0.494. The van der Waals surface area contributed by atoms with E-state index in [0.717, 1.165) is 5.01 Å². The third-order valence-electron chi connectivity index (χ3n) is 4.87. The van der Waals surface area contributed by atoms with Gasteiger partial charge in [0.15, 0.2) is 0 Å².